The molecule has 1 aliphatic carbocycles. The summed E-state index contributed by atoms with van der Waals surface area (Å²) >= 11 is 0. The summed E-state index contributed by atoms with van der Waals surface area (Å²) < 4.78 is 15.8. The van der Waals surface area contributed by atoms with E-state index in [2.05, 4.69) is 21.3 Å². The second-order valence-corrected chi connectivity index (χ2v) is 13.3. The predicted octanol–water partition coefficient (Wildman–Crippen LogP) is 6.77. The number of urea groups is 1. The highest BCUT2D eigenvalue weighted by Crippen LogP contribution is 2.44. The summed E-state index contributed by atoms with van der Waals surface area (Å²) in [7, 11) is 0. The minimum atomic E-state index is -1.07. The van der Waals surface area contributed by atoms with Gasteiger partial charge in [-0.15, -0.1) is 0 Å². The molecule has 306 valence electrons. The number of carbonyl (C=O) groups is 5. The molecule has 0 radical (unpaired) electrons. The van der Waals surface area contributed by atoms with E-state index in [1.54, 1.807) is 38.1 Å². The van der Waals surface area contributed by atoms with Gasteiger partial charge in [-0.1, -0.05) is 88.4 Å². The molecular weight excluding hydrogens is 748 g/mol. The van der Waals surface area contributed by atoms with Crippen LogP contribution in [0.5, 0.6) is 5.75 Å². The van der Waals surface area contributed by atoms with E-state index in [-0.39, 0.29) is 49.5 Å². The molecule has 4 aromatic carbocycles. The van der Waals surface area contributed by atoms with Crippen LogP contribution in [0.4, 0.5) is 25.8 Å². The molecule has 0 saturated carbocycles. The van der Waals surface area contributed by atoms with Crippen LogP contribution in [0.25, 0.3) is 11.1 Å². The van der Waals surface area contributed by atoms with Gasteiger partial charge in [0.2, 0.25) is 11.8 Å². The average molecular weight is 797 g/mol. The number of benzene rings is 4. The number of nitrogens with two attached hydrogens (primary N) is 1. The van der Waals surface area contributed by atoms with Gasteiger partial charge in [-0.25, -0.2) is 14.4 Å². The molecule has 6 N–H and O–H groups in total. The molecule has 0 spiro atoms. The number of nitrogens with zero attached hydrogens (tertiary/aromatic N) is 1. The molecule has 16 nitrogen and oxygen atoms in total. The first-order valence-electron chi connectivity index (χ1n) is 18.8. The number of primary amides is 1. The lowest BCUT2D eigenvalue weighted by atomic mass is 9.98. The number of hydrogen-bond donors (Lipinski definition) is 5. The van der Waals surface area contributed by atoms with Gasteiger partial charge in [-0.3, -0.25) is 19.7 Å². The van der Waals surface area contributed by atoms with E-state index in [0.717, 1.165) is 22.3 Å². The Balaban J connectivity index is 0.00000366. The molecular formula is C42H48N6O10. The highest BCUT2D eigenvalue weighted by molar-refractivity contribution is 5.98. The van der Waals surface area contributed by atoms with Crippen molar-refractivity contribution < 1.29 is 43.1 Å². The van der Waals surface area contributed by atoms with Crippen LogP contribution in [0.2, 0.25) is 0 Å². The highest BCUT2D eigenvalue weighted by Gasteiger charge is 2.32. The van der Waals surface area contributed by atoms with Crippen molar-refractivity contribution in [3.8, 4) is 16.9 Å². The lowest BCUT2D eigenvalue weighted by Crippen LogP contribution is -2.54. The Morgan fingerprint density at radius 3 is 1.97 bits per heavy atom. The van der Waals surface area contributed by atoms with Crippen LogP contribution in [-0.4, -0.2) is 60.3 Å². The van der Waals surface area contributed by atoms with Crippen LogP contribution < -0.4 is 31.7 Å². The van der Waals surface area contributed by atoms with E-state index in [9.17, 15) is 34.1 Å². The number of nitro benzene ring substituents is 1. The average Bonchev–Trinajstić information content (AvgIpc) is 3.54. The lowest BCUT2D eigenvalue weighted by Gasteiger charge is -2.25. The fourth-order valence-electron chi connectivity index (χ4n) is 6.17. The number of rotatable bonds is 16. The third-order valence-corrected chi connectivity index (χ3v) is 8.99. The molecule has 2 atom stereocenters. The minimum Gasteiger partial charge on any atom is -0.449 e. The number of fused-ring (bicyclic) bond motifs is 3. The van der Waals surface area contributed by atoms with Crippen LogP contribution in [0.15, 0.2) is 97.1 Å². The number of nitrogens with one attached hydrogen (secondary N) is 4. The Morgan fingerprint density at radius 1 is 0.793 bits per heavy atom. The first-order valence-corrected chi connectivity index (χ1v) is 18.8. The van der Waals surface area contributed by atoms with Crippen LogP contribution in [0, 0.1) is 16.0 Å². The maximum Gasteiger partial charge on any atom is 0.514 e. The molecule has 0 bridgehead atoms. The van der Waals surface area contributed by atoms with Gasteiger partial charge in [0.15, 0.2) is 0 Å². The molecule has 0 unspecified atom stereocenters. The molecule has 5 amide bonds. The van der Waals surface area contributed by atoms with Crippen LogP contribution >= 0.6 is 0 Å². The molecule has 0 heterocycles. The molecule has 0 fully saturated rings. The van der Waals surface area contributed by atoms with E-state index < -0.39 is 47.1 Å². The van der Waals surface area contributed by atoms with Crippen molar-refractivity contribution in [3.63, 3.8) is 0 Å². The summed E-state index contributed by atoms with van der Waals surface area (Å²) in [6.07, 6.45) is -1.39. The van der Waals surface area contributed by atoms with Crippen LogP contribution in [0.1, 0.15) is 63.1 Å². The predicted molar refractivity (Wildman–Crippen MR) is 216 cm³/mol. The van der Waals surface area contributed by atoms with E-state index in [1.165, 1.54) is 24.3 Å². The van der Waals surface area contributed by atoms with Gasteiger partial charge in [0.25, 0.3) is 5.69 Å². The summed E-state index contributed by atoms with van der Waals surface area (Å²) in [5, 5.41) is 21.4. The number of alkyl carbamates (subject to hydrolysis) is 1. The number of nitro groups is 1. The summed E-state index contributed by atoms with van der Waals surface area (Å²) in [5.41, 5.74) is 10.2. The quantitative estimate of drug-likeness (QED) is 0.0263. The van der Waals surface area contributed by atoms with Crippen LogP contribution in [0.3, 0.4) is 0 Å². The summed E-state index contributed by atoms with van der Waals surface area (Å²) in [5.74, 6) is -1.65. The Morgan fingerprint density at radius 2 is 1.40 bits per heavy atom. The van der Waals surface area contributed by atoms with Gasteiger partial charge in [-0.05, 0) is 70.8 Å². The number of carbonyl (C=O) groups excluding carboxylic acids is 5. The number of hydrogen-bond acceptors (Lipinski definition) is 10. The number of anilines is 1. The van der Waals surface area contributed by atoms with E-state index >= 15 is 0 Å². The molecule has 0 aromatic heterocycles. The monoisotopic (exact) mass is 796 g/mol. The van der Waals surface area contributed by atoms with Crippen molar-refractivity contribution in [2.24, 2.45) is 11.7 Å². The molecule has 4 aromatic rings. The van der Waals surface area contributed by atoms with Gasteiger partial charge < -0.3 is 41.2 Å². The largest absolute Gasteiger partial charge is 0.514 e. The fourth-order valence-corrected chi connectivity index (χ4v) is 6.17. The SMILES string of the molecule is CC.CC(C)[C@H](NC(=O)OCC1c2ccccc2-c2ccccc21)C(=O)N[C@@H](CCCNC(N)=O)C(=O)Nc1ccc(COC(=O)Oc2ccc([N+](=O)[O-])cc2)cc1. The standard InChI is InChI=1S/C40H42N6O10.C2H6/c1-24(2)35(45-39(50)54-23-33-31-10-5-3-8-29(31)30-9-4-6-11-32(30)33)37(48)44-34(12-7-21-42-38(41)49)36(47)43-26-15-13-25(14-16-26)22-55-40(51)56-28-19-17-27(18-20-28)46(52)53;1-2/h3-6,8-11,13-20,24,33-35H,7,12,21-23H2,1-2H3,(H,43,47)(H,44,48)(H,45,50)(H3,41,42,49);1-2H3/t34-,35-;/m0./s1. The molecule has 1 aliphatic rings. The molecule has 16 heteroatoms. The first kappa shape index (κ1) is 43.8. The van der Waals surface area contributed by atoms with E-state index in [4.69, 9.17) is 19.9 Å². The number of non-ortho nitro benzene ring substituents is 1. The second kappa shape index (κ2) is 21.4. The Hall–Kier alpha value is -6.97. The van der Waals surface area contributed by atoms with Crippen molar-refractivity contribution in [2.75, 3.05) is 18.5 Å². The van der Waals surface area contributed by atoms with Gasteiger partial charge in [0, 0.05) is 30.3 Å². The highest BCUT2D eigenvalue weighted by atomic mass is 16.7. The molecule has 0 aliphatic heterocycles. The lowest BCUT2D eigenvalue weighted by molar-refractivity contribution is -0.384. The van der Waals surface area contributed by atoms with Gasteiger partial charge in [-0.2, -0.15) is 0 Å². The minimum absolute atomic E-state index is 0.0569. The van der Waals surface area contributed by atoms with Gasteiger partial charge in [0.1, 0.15) is 31.0 Å². The van der Waals surface area contributed by atoms with Crippen molar-refractivity contribution in [1.82, 2.24) is 16.0 Å². The maximum absolute atomic E-state index is 13.6. The number of ether oxygens (including phenoxy) is 3. The van der Waals surface area contributed by atoms with E-state index in [0.29, 0.717) is 17.7 Å². The first-order chi connectivity index (χ1) is 27.9. The van der Waals surface area contributed by atoms with Gasteiger partial charge in [0.05, 0.1) is 4.92 Å². The Labute approximate surface area is 336 Å². The number of amides is 5. The van der Waals surface area contributed by atoms with Crippen molar-refractivity contribution in [3.05, 3.63) is 124 Å². The van der Waals surface area contributed by atoms with Crippen molar-refractivity contribution >= 4 is 41.5 Å². The maximum atomic E-state index is 13.6. The van der Waals surface area contributed by atoms with Crippen LogP contribution in [-0.2, 0) is 25.7 Å². The van der Waals surface area contributed by atoms with E-state index in [1.807, 2.05) is 62.4 Å². The molecule has 0 saturated heterocycles. The van der Waals surface area contributed by atoms with Crippen molar-refractivity contribution in [1.29, 1.82) is 0 Å². The summed E-state index contributed by atoms with van der Waals surface area (Å²) in [6.45, 7) is 7.54. The fraction of sp³-hybridized carbons (Fsp3) is 0.310. The Bertz CT molecular complexity index is 2010. The van der Waals surface area contributed by atoms with Crippen molar-refractivity contribution in [2.45, 2.75) is 65.1 Å². The zero-order valence-corrected chi connectivity index (χ0v) is 32.7. The molecule has 5 rings (SSSR count). The summed E-state index contributed by atoms with van der Waals surface area (Å²) in [4.78, 5) is 73.8. The normalized spacial score (nSPS) is 12.3. The molecule has 58 heavy (non-hydrogen) atoms. The third-order valence-electron chi connectivity index (χ3n) is 8.99. The third kappa shape index (κ3) is 12.3. The smallest absolute Gasteiger partial charge is 0.449 e. The van der Waals surface area contributed by atoms with Gasteiger partial charge >= 0.3 is 18.3 Å². The topological polar surface area (TPSA) is 230 Å². The zero-order valence-electron chi connectivity index (χ0n) is 32.7. The summed E-state index contributed by atoms with van der Waals surface area (Å²) in [6, 6.07) is 24.3. The Kier molecular flexibility index (Phi) is 16.1. The second-order valence-electron chi connectivity index (χ2n) is 13.3. The zero-order chi connectivity index (χ0) is 42.2.